The minimum atomic E-state index is 0. The first-order chi connectivity index (χ1) is 10.8. The summed E-state index contributed by atoms with van der Waals surface area (Å²) in [6.45, 7) is 4.33. The van der Waals surface area contributed by atoms with Crippen LogP contribution in [0.3, 0.4) is 0 Å². The van der Waals surface area contributed by atoms with Crippen molar-refractivity contribution in [2.45, 2.75) is 25.3 Å². The third kappa shape index (κ3) is 4.91. The molecule has 1 N–H and O–H groups in total. The molecule has 0 aliphatic carbocycles. The fourth-order valence-electron chi connectivity index (χ4n) is 3.28. The Labute approximate surface area is 156 Å². The Morgan fingerprint density at radius 3 is 2.54 bits per heavy atom. The van der Waals surface area contributed by atoms with Crippen LogP contribution in [0.1, 0.15) is 19.3 Å². The Morgan fingerprint density at radius 2 is 1.92 bits per heavy atom. The molecular weight excluding hydrogens is 349 g/mol. The van der Waals surface area contributed by atoms with Crippen molar-refractivity contribution < 1.29 is 9.53 Å². The molecule has 2 heterocycles. The zero-order valence-electron chi connectivity index (χ0n) is 14.1. The number of nitrogens with one attached hydrogen (secondary N) is 1. The van der Waals surface area contributed by atoms with Crippen LogP contribution < -0.4 is 15.0 Å². The smallest absolute Gasteiger partial charge is 0.239 e. The first-order valence-corrected chi connectivity index (χ1v) is 8.19. The summed E-state index contributed by atoms with van der Waals surface area (Å²) in [4.78, 5) is 16.9. The summed E-state index contributed by atoms with van der Waals surface area (Å²) < 4.78 is 5.28. The van der Waals surface area contributed by atoms with Crippen molar-refractivity contribution in [1.82, 2.24) is 10.2 Å². The Kier molecular flexibility index (Phi) is 8.67. The summed E-state index contributed by atoms with van der Waals surface area (Å²) in [6.07, 6.45) is 3.33. The maximum atomic E-state index is 12.5. The van der Waals surface area contributed by atoms with E-state index < -0.39 is 0 Å². The Balaban J connectivity index is 0.00000144. The Hall–Kier alpha value is -1.17. The standard InChI is InChI=1S/C17H25N3O2.2ClH/c1-22-15-6-4-5-14(13-15)19-9-11-20(12-10-19)17(21)16-7-2-3-8-18-16;;/h4-6,13,16,18H,2-3,7-12H2,1H3;2*1H/t16-;;/m1../s1. The van der Waals surface area contributed by atoms with Crippen LogP contribution in [0, 0.1) is 0 Å². The summed E-state index contributed by atoms with van der Waals surface area (Å²) >= 11 is 0. The minimum Gasteiger partial charge on any atom is -0.497 e. The average Bonchev–Trinajstić information content (AvgIpc) is 2.62. The van der Waals surface area contributed by atoms with E-state index in [2.05, 4.69) is 22.3 Å². The molecule has 1 atom stereocenters. The van der Waals surface area contributed by atoms with Crippen molar-refractivity contribution in [3.05, 3.63) is 24.3 Å². The minimum absolute atomic E-state index is 0. The van der Waals surface area contributed by atoms with Crippen LogP contribution in [-0.2, 0) is 4.79 Å². The number of nitrogens with zero attached hydrogens (tertiary/aromatic N) is 2. The van der Waals surface area contributed by atoms with Gasteiger partial charge in [0.1, 0.15) is 5.75 Å². The SMILES string of the molecule is COc1cccc(N2CCN(C(=O)[C@H]3CCCCN3)CC2)c1.Cl.Cl. The molecule has 1 aromatic rings. The number of ether oxygens (including phenoxy) is 1. The van der Waals surface area contributed by atoms with E-state index in [9.17, 15) is 4.79 Å². The maximum Gasteiger partial charge on any atom is 0.239 e. The van der Waals surface area contributed by atoms with E-state index >= 15 is 0 Å². The second-order valence-electron chi connectivity index (χ2n) is 6.02. The van der Waals surface area contributed by atoms with E-state index in [1.54, 1.807) is 7.11 Å². The predicted molar refractivity (Wildman–Crippen MR) is 102 cm³/mol. The number of benzene rings is 1. The highest BCUT2D eigenvalue weighted by atomic mass is 35.5. The van der Waals surface area contributed by atoms with Gasteiger partial charge >= 0.3 is 0 Å². The van der Waals surface area contributed by atoms with E-state index in [4.69, 9.17) is 4.74 Å². The quantitative estimate of drug-likeness (QED) is 0.880. The summed E-state index contributed by atoms with van der Waals surface area (Å²) in [5, 5.41) is 3.35. The third-order valence-electron chi connectivity index (χ3n) is 4.62. The van der Waals surface area contributed by atoms with Crippen molar-refractivity contribution in [2.75, 3.05) is 44.7 Å². The monoisotopic (exact) mass is 375 g/mol. The lowest BCUT2D eigenvalue weighted by Gasteiger charge is -2.38. The highest BCUT2D eigenvalue weighted by Gasteiger charge is 2.28. The zero-order valence-corrected chi connectivity index (χ0v) is 15.7. The normalized spacial score (nSPS) is 20.6. The molecule has 0 unspecified atom stereocenters. The zero-order chi connectivity index (χ0) is 15.4. The molecular formula is C17H27Cl2N3O2. The molecule has 24 heavy (non-hydrogen) atoms. The predicted octanol–water partition coefficient (Wildman–Crippen LogP) is 2.33. The lowest BCUT2D eigenvalue weighted by Crippen LogP contribution is -2.55. The van der Waals surface area contributed by atoms with E-state index in [-0.39, 0.29) is 36.8 Å². The number of carbonyl (C=O) groups is 1. The van der Waals surface area contributed by atoms with Crippen LogP contribution in [0.2, 0.25) is 0 Å². The van der Waals surface area contributed by atoms with Crippen molar-refractivity contribution in [2.24, 2.45) is 0 Å². The largest absolute Gasteiger partial charge is 0.497 e. The Bertz CT molecular complexity index is 516. The maximum absolute atomic E-state index is 12.5. The van der Waals surface area contributed by atoms with Gasteiger partial charge < -0.3 is 19.9 Å². The van der Waals surface area contributed by atoms with Gasteiger partial charge in [0.05, 0.1) is 13.2 Å². The number of halogens is 2. The van der Waals surface area contributed by atoms with Gasteiger partial charge in [0.2, 0.25) is 5.91 Å². The molecule has 2 aliphatic rings. The highest BCUT2D eigenvalue weighted by molar-refractivity contribution is 5.85. The van der Waals surface area contributed by atoms with Gasteiger partial charge in [-0.2, -0.15) is 0 Å². The van der Waals surface area contributed by atoms with Crippen LogP contribution >= 0.6 is 24.8 Å². The first kappa shape index (κ1) is 20.9. The average molecular weight is 376 g/mol. The van der Waals surface area contributed by atoms with E-state index in [1.807, 2.05) is 17.0 Å². The van der Waals surface area contributed by atoms with Crippen molar-refractivity contribution >= 4 is 36.4 Å². The molecule has 0 radical (unpaired) electrons. The van der Waals surface area contributed by atoms with Gasteiger partial charge in [-0.05, 0) is 31.5 Å². The fourth-order valence-corrected chi connectivity index (χ4v) is 3.28. The van der Waals surface area contributed by atoms with E-state index in [1.165, 1.54) is 12.1 Å². The third-order valence-corrected chi connectivity index (χ3v) is 4.62. The van der Waals surface area contributed by atoms with Crippen LogP contribution in [0.15, 0.2) is 24.3 Å². The second-order valence-corrected chi connectivity index (χ2v) is 6.02. The van der Waals surface area contributed by atoms with Gasteiger partial charge in [-0.25, -0.2) is 0 Å². The van der Waals surface area contributed by atoms with Crippen LogP contribution in [0.4, 0.5) is 5.69 Å². The summed E-state index contributed by atoms with van der Waals surface area (Å²) in [5.74, 6) is 1.16. The van der Waals surface area contributed by atoms with E-state index in [0.717, 1.165) is 51.3 Å². The van der Waals surface area contributed by atoms with Crippen LogP contribution in [0.5, 0.6) is 5.75 Å². The van der Waals surface area contributed by atoms with Gasteiger partial charge in [0.15, 0.2) is 0 Å². The van der Waals surface area contributed by atoms with Crippen LogP contribution in [-0.4, -0.2) is 56.7 Å². The molecule has 0 bridgehead atoms. The molecule has 0 spiro atoms. The van der Waals surface area contributed by atoms with Crippen LogP contribution in [0.25, 0.3) is 0 Å². The molecule has 0 saturated carbocycles. The molecule has 136 valence electrons. The van der Waals surface area contributed by atoms with Gasteiger partial charge in [-0.3, -0.25) is 4.79 Å². The topological polar surface area (TPSA) is 44.8 Å². The number of hydrogen-bond acceptors (Lipinski definition) is 4. The number of carbonyl (C=O) groups excluding carboxylic acids is 1. The molecule has 0 aromatic heterocycles. The molecule has 5 nitrogen and oxygen atoms in total. The molecule has 2 fully saturated rings. The molecule has 1 aromatic carbocycles. The summed E-state index contributed by atoms with van der Waals surface area (Å²) in [6, 6.07) is 8.16. The highest BCUT2D eigenvalue weighted by Crippen LogP contribution is 2.22. The lowest BCUT2D eigenvalue weighted by atomic mass is 10.0. The van der Waals surface area contributed by atoms with Gasteiger partial charge in [-0.1, -0.05) is 12.5 Å². The van der Waals surface area contributed by atoms with Gasteiger partial charge in [0.25, 0.3) is 0 Å². The first-order valence-electron chi connectivity index (χ1n) is 8.19. The number of piperazine rings is 1. The number of piperidine rings is 1. The second kappa shape index (κ2) is 9.97. The molecule has 1 amide bonds. The molecule has 2 aliphatic heterocycles. The van der Waals surface area contributed by atoms with E-state index in [0.29, 0.717) is 0 Å². The fraction of sp³-hybridized carbons (Fsp3) is 0.588. The number of methoxy groups -OCH3 is 1. The molecule has 2 saturated heterocycles. The number of anilines is 1. The lowest BCUT2D eigenvalue weighted by molar-refractivity contribution is -0.134. The van der Waals surface area contributed by atoms with Gasteiger partial charge in [-0.15, -0.1) is 24.8 Å². The van der Waals surface area contributed by atoms with Crippen molar-refractivity contribution in [1.29, 1.82) is 0 Å². The molecule has 3 rings (SSSR count). The van der Waals surface area contributed by atoms with Crippen molar-refractivity contribution in [3.63, 3.8) is 0 Å². The number of hydrogen-bond donors (Lipinski definition) is 1. The summed E-state index contributed by atoms with van der Waals surface area (Å²) in [7, 11) is 1.69. The van der Waals surface area contributed by atoms with Crippen molar-refractivity contribution in [3.8, 4) is 5.75 Å². The Morgan fingerprint density at radius 1 is 1.17 bits per heavy atom. The number of rotatable bonds is 3. The summed E-state index contributed by atoms with van der Waals surface area (Å²) in [5.41, 5.74) is 1.17. The number of amides is 1. The van der Waals surface area contributed by atoms with Gasteiger partial charge in [0, 0.05) is 37.9 Å². The molecule has 7 heteroatoms.